The van der Waals surface area contributed by atoms with Crippen LogP contribution in [-0.2, 0) is 22.4 Å². The van der Waals surface area contributed by atoms with Crippen molar-refractivity contribution in [1.82, 2.24) is 9.97 Å². The summed E-state index contributed by atoms with van der Waals surface area (Å²) in [7, 11) is 0. The van der Waals surface area contributed by atoms with Crippen LogP contribution in [0.4, 0.5) is 5.00 Å². The summed E-state index contributed by atoms with van der Waals surface area (Å²) >= 11 is 9.83. The Morgan fingerprint density at radius 3 is 2.55 bits per heavy atom. The Bertz CT molecular complexity index is 1860. The number of aromatic nitrogens is 2. The van der Waals surface area contributed by atoms with Gasteiger partial charge in [-0.1, -0.05) is 53.7 Å². The molecule has 1 aliphatic carbocycles. The van der Waals surface area contributed by atoms with Gasteiger partial charge in [-0.2, -0.15) is 0 Å². The quantitative estimate of drug-likeness (QED) is 0.102. The smallest absolute Gasteiger partial charge is 0.341 e. The van der Waals surface area contributed by atoms with Gasteiger partial charge < -0.3 is 15.0 Å². The van der Waals surface area contributed by atoms with Crippen LogP contribution in [0.3, 0.4) is 0 Å². The highest BCUT2D eigenvalue weighted by molar-refractivity contribution is 7.99. The molecule has 0 bridgehead atoms. The first-order chi connectivity index (χ1) is 20.4. The SMILES string of the molecule is CCOC(=O)c1c(-c2ccc(Cl)cc2)csc1NC(=O)CSc1nc2scc(-c3ccc4c(c3)CCCC4)c2c(=O)[nH]1. The molecule has 0 atom stereocenters. The number of benzene rings is 2. The number of ether oxygens (including phenoxy) is 1. The summed E-state index contributed by atoms with van der Waals surface area (Å²) in [5, 5.41) is 8.53. The van der Waals surface area contributed by atoms with Gasteiger partial charge in [-0.3, -0.25) is 9.59 Å². The zero-order valence-electron chi connectivity index (χ0n) is 22.6. The maximum atomic E-state index is 13.2. The van der Waals surface area contributed by atoms with E-state index in [0.717, 1.165) is 41.3 Å². The van der Waals surface area contributed by atoms with Gasteiger partial charge in [0.15, 0.2) is 5.16 Å². The molecule has 2 N–H and O–H groups in total. The van der Waals surface area contributed by atoms with Crippen LogP contribution in [0.2, 0.25) is 5.02 Å². The fourth-order valence-corrected chi connectivity index (χ4v) is 7.87. The lowest BCUT2D eigenvalue weighted by atomic mass is 9.89. The molecule has 6 rings (SSSR count). The number of hydrogen-bond donors (Lipinski definition) is 2. The van der Waals surface area contributed by atoms with Crippen molar-refractivity contribution < 1.29 is 14.3 Å². The molecule has 3 aromatic heterocycles. The number of carbonyl (C=O) groups excluding carboxylic acids is 2. The van der Waals surface area contributed by atoms with Crippen LogP contribution >= 0.6 is 46.0 Å². The molecule has 5 aromatic rings. The maximum Gasteiger partial charge on any atom is 0.341 e. The summed E-state index contributed by atoms with van der Waals surface area (Å²) in [6, 6.07) is 13.6. The van der Waals surface area contributed by atoms with Gasteiger partial charge in [0, 0.05) is 26.9 Å². The highest BCUT2D eigenvalue weighted by Crippen LogP contribution is 2.37. The van der Waals surface area contributed by atoms with E-state index in [1.54, 1.807) is 19.1 Å². The minimum atomic E-state index is -0.518. The Labute approximate surface area is 259 Å². The van der Waals surface area contributed by atoms with Crippen molar-refractivity contribution >= 4 is 73.1 Å². The van der Waals surface area contributed by atoms with Crippen LogP contribution in [0.1, 0.15) is 41.3 Å². The molecule has 1 aliphatic rings. The van der Waals surface area contributed by atoms with E-state index in [9.17, 15) is 14.4 Å². The van der Waals surface area contributed by atoms with E-state index in [-0.39, 0.29) is 23.8 Å². The molecule has 42 heavy (non-hydrogen) atoms. The molecular weight excluding hydrogens is 610 g/mol. The number of H-pyrrole nitrogens is 1. The molecule has 0 aliphatic heterocycles. The molecule has 3 heterocycles. The van der Waals surface area contributed by atoms with Crippen LogP contribution in [0.15, 0.2) is 63.2 Å². The standard InChI is InChI=1S/C31H26ClN3O4S3/c1-2-39-30(38)26-22(18-9-11-21(32)12-10-18)14-41-29(26)33-24(36)16-42-31-34-27(37)25-23(15-40-28(25)35-31)20-8-7-17-5-3-4-6-19(17)13-20/h7-15H,2-6,16H2,1H3,(H,33,36)(H,34,35,37). The number of aryl methyl sites for hydroxylation is 2. The number of halogens is 1. The van der Waals surface area contributed by atoms with Crippen LogP contribution in [-0.4, -0.2) is 34.2 Å². The third-order valence-electron chi connectivity index (χ3n) is 7.10. The highest BCUT2D eigenvalue weighted by atomic mass is 35.5. The highest BCUT2D eigenvalue weighted by Gasteiger charge is 2.23. The normalized spacial score (nSPS) is 12.7. The van der Waals surface area contributed by atoms with Crippen LogP contribution in [0.25, 0.3) is 32.5 Å². The number of nitrogens with one attached hydrogen (secondary N) is 2. The molecule has 0 fully saturated rings. The number of nitrogens with zero attached hydrogens (tertiary/aromatic N) is 1. The predicted octanol–water partition coefficient (Wildman–Crippen LogP) is 7.82. The molecule has 214 valence electrons. The number of thioether (sulfide) groups is 1. The molecule has 0 unspecified atom stereocenters. The Morgan fingerprint density at radius 2 is 1.76 bits per heavy atom. The third kappa shape index (κ3) is 5.89. The lowest BCUT2D eigenvalue weighted by Crippen LogP contribution is -2.17. The minimum absolute atomic E-state index is 0.00601. The largest absolute Gasteiger partial charge is 0.462 e. The van der Waals surface area contributed by atoms with E-state index in [4.69, 9.17) is 16.3 Å². The van der Waals surface area contributed by atoms with Crippen LogP contribution < -0.4 is 10.9 Å². The average Bonchev–Trinajstić information content (AvgIpc) is 3.61. The van der Waals surface area contributed by atoms with Crippen molar-refractivity contribution in [3.8, 4) is 22.3 Å². The van der Waals surface area contributed by atoms with Gasteiger partial charge >= 0.3 is 5.97 Å². The third-order valence-corrected chi connectivity index (χ3v) is 9.99. The van der Waals surface area contributed by atoms with E-state index in [1.165, 1.54) is 46.6 Å². The summed E-state index contributed by atoms with van der Waals surface area (Å²) in [5.41, 5.74) is 6.17. The van der Waals surface area contributed by atoms with Crippen molar-refractivity contribution in [2.75, 3.05) is 17.7 Å². The van der Waals surface area contributed by atoms with Crippen molar-refractivity contribution in [3.63, 3.8) is 0 Å². The van der Waals surface area contributed by atoms with Crippen LogP contribution in [0, 0.1) is 0 Å². The molecule has 0 spiro atoms. The van der Waals surface area contributed by atoms with E-state index in [2.05, 4.69) is 33.5 Å². The molecule has 0 saturated heterocycles. The van der Waals surface area contributed by atoms with Gasteiger partial charge in [0.25, 0.3) is 5.56 Å². The molecule has 2 aromatic carbocycles. The number of esters is 1. The topological polar surface area (TPSA) is 101 Å². The van der Waals surface area contributed by atoms with Gasteiger partial charge in [-0.15, -0.1) is 22.7 Å². The minimum Gasteiger partial charge on any atom is -0.462 e. The Hall–Kier alpha value is -3.44. The van der Waals surface area contributed by atoms with Crippen molar-refractivity contribution in [3.05, 3.63) is 85.3 Å². The summed E-state index contributed by atoms with van der Waals surface area (Å²) in [5.74, 6) is -0.859. The van der Waals surface area contributed by atoms with Crippen molar-refractivity contribution in [2.45, 2.75) is 37.8 Å². The van der Waals surface area contributed by atoms with E-state index >= 15 is 0 Å². The lowest BCUT2D eigenvalue weighted by Gasteiger charge is -2.16. The Kier molecular flexibility index (Phi) is 8.48. The number of carbonyl (C=O) groups is 2. The van der Waals surface area contributed by atoms with Gasteiger partial charge in [0.2, 0.25) is 5.91 Å². The Balaban J connectivity index is 1.19. The molecule has 7 nitrogen and oxygen atoms in total. The summed E-state index contributed by atoms with van der Waals surface area (Å²) in [6.07, 6.45) is 4.59. The second kappa shape index (κ2) is 12.4. The number of fused-ring (bicyclic) bond motifs is 2. The number of aromatic amines is 1. The van der Waals surface area contributed by atoms with Gasteiger partial charge in [-0.25, -0.2) is 9.78 Å². The Morgan fingerprint density at radius 1 is 1.02 bits per heavy atom. The number of thiophene rings is 2. The number of hydrogen-bond acceptors (Lipinski definition) is 8. The number of amides is 1. The number of rotatable bonds is 8. The second-order valence-electron chi connectivity index (χ2n) is 9.81. The van der Waals surface area contributed by atoms with Gasteiger partial charge in [0.05, 0.1) is 17.7 Å². The van der Waals surface area contributed by atoms with E-state index < -0.39 is 5.97 Å². The van der Waals surface area contributed by atoms with Gasteiger partial charge in [0.1, 0.15) is 15.4 Å². The number of anilines is 1. The second-order valence-corrected chi connectivity index (χ2v) is 12.9. The summed E-state index contributed by atoms with van der Waals surface area (Å²) < 4.78 is 5.28. The summed E-state index contributed by atoms with van der Waals surface area (Å²) in [4.78, 5) is 47.1. The van der Waals surface area contributed by atoms with Crippen molar-refractivity contribution in [1.29, 1.82) is 0 Å². The van der Waals surface area contributed by atoms with Crippen molar-refractivity contribution in [2.24, 2.45) is 0 Å². The molecular formula is C31H26ClN3O4S3. The monoisotopic (exact) mass is 635 g/mol. The fraction of sp³-hybridized carbons (Fsp3) is 0.226. The zero-order valence-corrected chi connectivity index (χ0v) is 25.8. The fourth-order valence-electron chi connectivity index (χ4n) is 5.11. The first-order valence-corrected chi connectivity index (χ1v) is 16.6. The predicted molar refractivity (Wildman–Crippen MR) is 172 cm³/mol. The maximum absolute atomic E-state index is 13.2. The van der Waals surface area contributed by atoms with E-state index in [0.29, 0.717) is 36.5 Å². The molecule has 1 amide bonds. The van der Waals surface area contributed by atoms with Crippen LogP contribution in [0.5, 0.6) is 0 Å². The molecule has 0 saturated carbocycles. The average molecular weight is 636 g/mol. The first-order valence-electron chi connectivity index (χ1n) is 13.5. The van der Waals surface area contributed by atoms with E-state index in [1.807, 2.05) is 22.9 Å². The zero-order chi connectivity index (χ0) is 29.2. The molecule has 0 radical (unpaired) electrons. The summed E-state index contributed by atoms with van der Waals surface area (Å²) in [6.45, 7) is 1.94. The van der Waals surface area contributed by atoms with Gasteiger partial charge in [-0.05, 0) is 67.0 Å². The lowest BCUT2D eigenvalue weighted by molar-refractivity contribution is -0.113. The molecule has 11 heteroatoms. The first kappa shape index (κ1) is 28.7.